The van der Waals surface area contributed by atoms with Crippen LogP contribution in [0.25, 0.3) is 21.8 Å². The molecule has 0 spiro atoms. The number of fused-ring (bicyclic) bond motifs is 3. The first-order valence-electron chi connectivity index (χ1n) is 9.31. The number of nitrogens with one attached hydrogen (secondary N) is 2. The quantitative estimate of drug-likeness (QED) is 0.637. The number of carbonyl (C=O) groups is 1. The van der Waals surface area contributed by atoms with Crippen molar-refractivity contribution < 1.29 is 14.3 Å². The standard InChI is InChI=1S/C21H27N3O4/c1-13(25)28-14(11-22-21(2,3)4)12-27-17-8-6-7-16-18(17)15-9-10-24(5)20(26)19(15)23-16/h6-10,14,22-23H,11-12H2,1-5H3. The lowest BCUT2D eigenvalue weighted by Gasteiger charge is -2.25. The highest BCUT2D eigenvalue weighted by molar-refractivity contribution is 6.10. The van der Waals surface area contributed by atoms with Crippen molar-refractivity contribution in [3.63, 3.8) is 0 Å². The van der Waals surface area contributed by atoms with Gasteiger partial charge in [0, 0.05) is 43.0 Å². The second kappa shape index (κ2) is 7.67. The molecule has 0 aliphatic heterocycles. The van der Waals surface area contributed by atoms with Gasteiger partial charge in [0.1, 0.15) is 24.0 Å². The van der Waals surface area contributed by atoms with Crippen LogP contribution in [0.1, 0.15) is 27.7 Å². The smallest absolute Gasteiger partial charge is 0.303 e. The van der Waals surface area contributed by atoms with Gasteiger partial charge in [0.15, 0.2) is 0 Å². The minimum absolute atomic E-state index is 0.0909. The predicted octanol–water partition coefficient (Wildman–Crippen LogP) is 2.72. The number of benzene rings is 1. The third-order valence-electron chi connectivity index (χ3n) is 4.44. The summed E-state index contributed by atoms with van der Waals surface area (Å²) < 4.78 is 13.0. The Morgan fingerprint density at radius 3 is 2.71 bits per heavy atom. The summed E-state index contributed by atoms with van der Waals surface area (Å²) in [5.74, 6) is 0.294. The number of H-pyrrole nitrogens is 1. The van der Waals surface area contributed by atoms with E-state index in [9.17, 15) is 9.59 Å². The summed E-state index contributed by atoms with van der Waals surface area (Å²) in [4.78, 5) is 27.0. The third-order valence-corrected chi connectivity index (χ3v) is 4.44. The first-order chi connectivity index (χ1) is 13.2. The second-order valence-electron chi connectivity index (χ2n) is 8.00. The van der Waals surface area contributed by atoms with Crippen molar-refractivity contribution in [2.24, 2.45) is 7.05 Å². The van der Waals surface area contributed by atoms with Gasteiger partial charge >= 0.3 is 5.97 Å². The van der Waals surface area contributed by atoms with Crippen LogP contribution in [0.4, 0.5) is 0 Å². The lowest BCUT2D eigenvalue weighted by Crippen LogP contribution is -2.44. The van der Waals surface area contributed by atoms with Crippen LogP contribution in [0.15, 0.2) is 35.3 Å². The van der Waals surface area contributed by atoms with Crippen molar-refractivity contribution in [3.05, 3.63) is 40.8 Å². The van der Waals surface area contributed by atoms with E-state index in [0.717, 1.165) is 16.3 Å². The first kappa shape index (κ1) is 19.9. The van der Waals surface area contributed by atoms with Crippen LogP contribution in [0.3, 0.4) is 0 Å². The molecule has 1 atom stereocenters. The third kappa shape index (κ3) is 4.36. The summed E-state index contributed by atoms with van der Waals surface area (Å²) >= 11 is 0. The number of aromatic amines is 1. The number of esters is 1. The Bertz CT molecular complexity index is 1060. The maximum Gasteiger partial charge on any atom is 0.303 e. The normalized spacial score (nSPS) is 13.0. The summed E-state index contributed by atoms with van der Waals surface area (Å²) in [6.45, 7) is 8.22. The molecule has 2 N–H and O–H groups in total. The minimum atomic E-state index is -0.426. The molecule has 0 aliphatic carbocycles. The fraction of sp³-hybridized carbons (Fsp3) is 0.429. The molecule has 28 heavy (non-hydrogen) atoms. The zero-order chi connectivity index (χ0) is 20.5. The van der Waals surface area contributed by atoms with Crippen molar-refractivity contribution in [1.29, 1.82) is 0 Å². The van der Waals surface area contributed by atoms with Gasteiger partial charge in [-0.05, 0) is 39.0 Å². The molecule has 0 bridgehead atoms. The largest absolute Gasteiger partial charge is 0.489 e. The highest BCUT2D eigenvalue weighted by Crippen LogP contribution is 2.31. The first-order valence-corrected chi connectivity index (χ1v) is 9.31. The Morgan fingerprint density at radius 2 is 2.04 bits per heavy atom. The van der Waals surface area contributed by atoms with Crippen LogP contribution >= 0.6 is 0 Å². The topological polar surface area (TPSA) is 85.3 Å². The van der Waals surface area contributed by atoms with Crippen LogP contribution in [-0.4, -0.2) is 40.3 Å². The summed E-state index contributed by atoms with van der Waals surface area (Å²) in [7, 11) is 1.72. The molecular formula is C21H27N3O4. The van der Waals surface area contributed by atoms with E-state index >= 15 is 0 Å². The Balaban J connectivity index is 1.89. The maximum absolute atomic E-state index is 12.4. The molecule has 150 valence electrons. The fourth-order valence-electron chi connectivity index (χ4n) is 3.10. The average Bonchev–Trinajstić information content (AvgIpc) is 2.99. The van der Waals surface area contributed by atoms with E-state index in [0.29, 0.717) is 17.8 Å². The molecule has 1 aromatic carbocycles. The molecule has 0 saturated heterocycles. The molecule has 0 radical (unpaired) electrons. The number of aromatic nitrogens is 2. The average molecular weight is 385 g/mol. The fourth-order valence-corrected chi connectivity index (χ4v) is 3.10. The monoisotopic (exact) mass is 385 g/mol. The highest BCUT2D eigenvalue weighted by Gasteiger charge is 2.19. The van der Waals surface area contributed by atoms with Gasteiger partial charge in [-0.1, -0.05) is 6.07 Å². The Morgan fingerprint density at radius 1 is 1.29 bits per heavy atom. The number of hydrogen-bond donors (Lipinski definition) is 2. The SMILES string of the molecule is CC(=O)OC(CNC(C)(C)C)COc1cccc2[nH]c3c(=O)n(C)ccc3c12. The van der Waals surface area contributed by atoms with Crippen molar-refractivity contribution in [2.75, 3.05) is 13.2 Å². The predicted molar refractivity (Wildman–Crippen MR) is 110 cm³/mol. The van der Waals surface area contributed by atoms with Crippen LogP contribution in [0.2, 0.25) is 0 Å². The molecule has 0 amide bonds. The second-order valence-corrected chi connectivity index (χ2v) is 8.00. The van der Waals surface area contributed by atoms with E-state index in [4.69, 9.17) is 9.47 Å². The van der Waals surface area contributed by atoms with Gasteiger partial charge in [0.2, 0.25) is 0 Å². The van der Waals surface area contributed by atoms with Crippen LogP contribution in [0.5, 0.6) is 5.75 Å². The molecular weight excluding hydrogens is 358 g/mol. The van der Waals surface area contributed by atoms with E-state index in [2.05, 4.69) is 10.3 Å². The van der Waals surface area contributed by atoms with E-state index in [1.807, 2.05) is 45.0 Å². The summed E-state index contributed by atoms with van der Waals surface area (Å²) in [5, 5.41) is 4.99. The van der Waals surface area contributed by atoms with Crippen LogP contribution in [0, 0.1) is 0 Å². The number of rotatable bonds is 6. The van der Waals surface area contributed by atoms with Gasteiger partial charge in [-0.2, -0.15) is 0 Å². The number of pyridine rings is 1. The van der Waals surface area contributed by atoms with Gasteiger partial charge < -0.3 is 24.3 Å². The Kier molecular flexibility index (Phi) is 5.47. The van der Waals surface area contributed by atoms with Gasteiger partial charge in [0.05, 0.1) is 5.52 Å². The van der Waals surface area contributed by atoms with Crippen LogP contribution < -0.4 is 15.6 Å². The minimum Gasteiger partial charge on any atom is -0.489 e. The molecule has 1 unspecified atom stereocenters. The molecule has 7 nitrogen and oxygen atoms in total. The molecule has 2 aromatic heterocycles. The van der Waals surface area contributed by atoms with Crippen molar-refractivity contribution in [2.45, 2.75) is 39.3 Å². The molecule has 3 rings (SSSR count). The van der Waals surface area contributed by atoms with Gasteiger partial charge in [0.25, 0.3) is 5.56 Å². The summed E-state index contributed by atoms with van der Waals surface area (Å²) in [5.41, 5.74) is 1.18. The zero-order valence-corrected chi connectivity index (χ0v) is 17.0. The summed E-state index contributed by atoms with van der Waals surface area (Å²) in [6, 6.07) is 7.53. The van der Waals surface area contributed by atoms with Crippen LogP contribution in [-0.2, 0) is 16.6 Å². The molecule has 7 heteroatoms. The molecule has 0 fully saturated rings. The lowest BCUT2D eigenvalue weighted by molar-refractivity contribution is -0.147. The zero-order valence-electron chi connectivity index (χ0n) is 17.0. The van der Waals surface area contributed by atoms with E-state index < -0.39 is 6.10 Å². The van der Waals surface area contributed by atoms with Crippen molar-refractivity contribution in [3.8, 4) is 5.75 Å². The molecule has 0 saturated carbocycles. The van der Waals surface area contributed by atoms with E-state index in [1.165, 1.54) is 11.5 Å². The van der Waals surface area contributed by atoms with E-state index in [1.54, 1.807) is 13.2 Å². The molecule has 3 aromatic rings. The Labute approximate surface area is 163 Å². The number of hydrogen-bond acceptors (Lipinski definition) is 5. The maximum atomic E-state index is 12.4. The number of aryl methyl sites for hydroxylation is 1. The Hall–Kier alpha value is -2.80. The van der Waals surface area contributed by atoms with Gasteiger partial charge in [-0.3, -0.25) is 9.59 Å². The number of nitrogens with zero attached hydrogens (tertiary/aromatic N) is 1. The van der Waals surface area contributed by atoms with Gasteiger partial charge in [-0.15, -0.1) is 0 Å². The van der Waals surface area contributed by atoms with E-state index in [-0.39, 0.29) is 23.7 Å². The van der Waals surface area contributed by atoms with Gasteiger partial charge in [-0.25, -0.2) is 0 Å². The number of ether oxygens (including phenoxy) is 2. The highest BCUT2D eigenvalue weighted by atomic mass is 16.6. The lowest BCUT2D eigenvalue weighted by atomic mass is 10.1. The van der Waals surface area contributed by atoms with Crippen molar-refractivity contribution >= 4 is 27.8 Å². The summed E-state index contributed by atoms with van der Waals surface area (Å²) in [6.07, 6.45) is 1.31. The molecule has 2 heterocycles. The molecule has 0 aliphatic rings. The number of carbonyl (C=O) groups excluding carboxylic acids is 1. The van der Waals surface area contributed by atoms with Crippen molar-refractivity contribution in [1.82, 2.24) is 14.9 Å².